The molecule has 0 aliphatic carbocycles. The maximum atomic E-state index is 12.3. The first kappa shape index (κ1) is 20.2. The van der Waals surface area contributed by atoms with E-state index in [1.165, 1.54) is 0 Å². The highest BCUT2D eigenvalue weighted by molar-refractivity contribution is 5.95. The second kappa shape index (κ2) is 8.48. The lowest BCUT2D eigenvalue weighted by Gasteiger charge is -2.08. The van der Waals surface area contributed by atoms with E-state index in [1.807, 2.05) is 0 Å². The van der Waals surface area contributed by atoms with Crippen LogP contribution in [0.15, 0.2) is 0 Å². The molecular formula is C19H22N2O6. The van der Waals surface area contributed by atoms with Gasteiger partial charge in [0.2, 0.25) is 0 Å². The molecule has 2 aromatic rings. The van der Waals surface area contributed by atoms with E-state index < -0.39 is 11.9 Å². The molecule has 8 nitrogen and oxygen atoms in total. The van der Waals surface area contributed by atoms with E-state index in [-0.39, 0.29) is 42.1 Å². The molecule has 144 valence electrons. The minimum Gasteiger partial charge on any atom is -0.462 e. The van der Waals surface area contributed by atoms with Gasteiger partial charge in [0, 0.05) is 24.1 Å². The van der Waals surface area contributed by atoms with Gasteiger partial charge in [-0.1, -0.05) is 6.92 Å². The molecule has 0 bridgehead atoms. The van der Waals surface area contributed by atoms with E-state index in [9.17, 15) is 19.2 Å². The van der Waals surface area contributed by atoms with Crippen molar-refractivity contribution in [1.82, 2.24) is 9.97 Å². The van der Waals surface area contributed by atoms with Crippen molar-refractivity contribution in [2.45, 2.75) is 40.5 Å². The summed E-state index contributed by atoms with van der Waals surface area (Å²) in [5.41, 5.74) is 2.65. The Morgan fingerprint density at radius 3 is 2.11 bits per heavy atom. The number of aromatic nitrogens is 2. The Morgan fingerprint density at radius 1 is 0.963 bits per heavy atom. The van der Waals surface area contributed by atoms with Crippen molar-refractivity contribution in [2.75, 3.05) is 6.61 Å². The van der Waals surface area contributed by atoms with Crippen molar-refractivity contribution in [2.24, 2.45) is 0 Å². The van der Waals surface area contributed by atoms with E-state index in [4.69, 9.17) is 9.47 Å². The van der Waals surface area contributed by atoms with Crippen LogP contribution in [0.5, 0.6) is 5.75 Å². The number of carbonyl (C=O) groups excluding carboxylic acids is 4. The first-order chi connectivity index (χ1) is 12.9. The van der Waals surface area contributed by atoms with Gasteiger partial charge in [0.05, 0.1) is 29.3 Å². The zero-order valence-corrected chi connectivity index (χ0v) is 15.7. The van der Waals surface area contributed by atoms with E-state index in [1.54, 1.807) is 27.7 Å². The Balaban J connectivity index is 2.53. The van der Waals surface area contributed by atoms with Crippen molar-refractivity contribution < 1.29 is 28.7 Å². The fourth-order valence-corrected chi connectivity index (χ4v) is 2.81. The zero-order valence-electron chi connectivity index (χ0n) is 15.7. The molecule has 0 amide bonds. The third-order valence-electron chi connectivity index (χ3n) is 4.24. The summed E-state index contributed by atoms with van der Waals surface area (Å²) in [6.45, 7) is 6.84. The summed E-state index contributed by atoms with van der Waals surface area (Å²) < 4.78 is 10.4. The van der Waals surface area contributed by atoms with Crippen molar-refractivity contribution in [3.63, 3.8) is 0 Å². The van der Waals surface area contributed by atoms with Crippen LogP contribution < -0.4 is 4.74 Å². The molecule has 0 saturated carbocycles. The summed E-state index contributed by atoms with van der Waals surface area (Å²) in [7, 11) is 0. The van der Waals surface area contributed by atoms with Gasteiger partial charge in [-0.3, -0.25) is 14.4 Å². The molecule has 2 rings (SSSR count). The summed E-state index contributed by atoms with van der Waals surface area (Å²) >= 11 is 0. The van der Waals surface area contributed by atoms with Crippen molar-refractivity contribution in [3.05, 3.63) is 39.5 Å². The third-order valence-corrected chi connectivity index (χ3v) is 4.24. The molecule has 2 aromatic heterocycles. The van der Waals surface area contributed by atoms with Crippen LogP contribution in [0, 0.1) is 13.8 Å². The Kier molecular flexibility index (Phi) is 6.33. The van der Waals surface area contributed by atoms with Crippen molar-refractivity contribution in [1.29, 1.82) is 0 Å². The van der Waals surface area contributed by atoms with Gasteiger partial charge in [0.25, 0.3) is 0 Å². The lowest BCUT2D eigenvalue weighted by molar-refractivity contribution is -0.134. The zero-order chi connectivity index (χ0) is 20.1. The molecule has 2 N–H and O–H groups in total. The van der Waals surface area contributed by atoms with Gasteiger partial charge in [-0.25, -0.2) is 4.79 Å². The van der Waals surface area contributed by atoms with Crippen LogP contribution in [0.4, 0.5) is 0 Å². The average molecular weight is 374 g/mol. The number of esters is 2. The number of H-pyrrole nitrogens is 2. The first-order valence-corrected chi connectivity index (χ1v) is 8.58. The maximum absolute atomic E-state index is 12.3. The van der Waals surface area contributed by atoms with Gasteiger partial charge in [0.15, 0.2) is 18.3 Å². The standard InChI is InChI=1S/C19H22N2O6/c1-5-16(24)27-18-11(4)15(9-23)21-13(18)7-12-17(19(25)26-6-2)10(3)14(8-22)20-12/h8-9,20-21H,5-7H2,1-4H3. The van der Waals surface area contributed by atoms with Gasteiger partial charge in [-0.15, -0.1) is 0 Å². The first-order valence-electron chi connectivity index (χ1n) is 8.58. The summed E-state index contributed by atoms with van der Waals surface area (Å²) in [5.74, 6) is -0.753. The Morgan fingerprint density at radius 2 is 1.56 bits per heavy atom. The third kappa shape index (κ3) is 3.99. The normalized spacial score (nSPS) is 10.5. The van der Waals surface area contributed by atoms with Gasteiger partial charge >= 0.3 is 11.9 Å². The number of nitrogens with one attached hydrogen (secondary N) is 2. The topological polar surface area (TPSA) is 118 Å². The summed E-state index contributed by atoms with van der Waals surface area (Å²) in [6.07, 6.45) is 1.54. The Bertz CT molecular complexity index is 891. The SMILES string of the molecule is CCOC(=O)c1c(Cc2[nH]c(C=O)c(C)c2OC(=O)CC)[nH]c(C=O)c1C. The molecule has 8 heteroatoms. The Labute approximate surface area is 156 Å². The molecule has 0 aliphatic rings. The van der Waals surface area contributed by atoms with E-state index in [2.05, 4.69) is 9.97 Å². The van der Waals surface area contributed by atoms with Crippen molar-refractivity contribution in [3.8, 4) is 5.75 Å². The molecule has 0 radical (unpaired) electrons. The molecule has 2 heterocycles. The lowest BCUT2D eigenvalue weighted by Crippen LogP contribution is -2.10. The number of rotatable bonds is 8. The highest BCUT2D eigenvalue weighted by atomic mass is 16.5. The van der Waals surface area contributed by atoms with Gasteiger partial charge in [-0.05, 0) is 26.3 Å². The summed E-state index contributed by atoms with van der Waals surface area (Å²) in [4.78, 5) is 52.4. The smallest absolute Gasteiger partial charge is 0.340 e. The van der Waals surface area contributed by atoms with Crippen LogP contribution in [0.3, 0.4) is 0 Å². The summed E-state index contributed by atoms with van der Waals surface area (Å²) in [5, 5.41) is 0. The lowest BCUT2D eigenvalue weighted by atomic mass is 10.1. The minimum atomic E-state index is -0.555. The molecule has 0 aliphatic heterocycles. The molecule has 0 saturated heterocycles. The average Bonchev–Trinajstić information content (AvgIpc) is 3.12. The van der Waals surface area contributed by atoms with E-state index in [0.717, 1.165) is 0 Å². The molecule has 0 unspecified atom stereocenters. The maximum Gasteiger partial charge on any atom is 0.340 e. The molecule has 27 heavy (non-hydrogen) atoms. The molecule has 0 fully saturated rings. The van der Waals surface area contributed by atoms with Crippen LogP contribution in [0.1, 0.15) is 74.1 Å². The van der Waals surface area contributed by atoms with Gasteiger partial charge in [0.1, 0.15) is 0 Å². The van der Waals surface area contributed by atoms with Crippen LogP contribution in [0.2, 0.25) is 0 Å². The number of hydrogen-bond acceptors (Lipinski definition) is 6. The van der Waals surface area contributed by atoms with Gasteiger partial charge in [-0.2, -0.15) is 0 Å². The highest BCUT2D eigenvalue weighted by Crippen LogP contribution is 2.30. The van der Waals surface area contributed by atoms with E-state index in [0.29, 0.717) is 35.1 Å². The Hall–Kier alpha value is -3.16. The summed E-state index contributed by atoms with van der Waals surface area (Å²) in [6, 6.07) is 0. The van der Waals surface area contributed by atoms with Crippen molar-refractivity contribution >= 4 is 24.5 Å². The van der Waals surface area contributed by atoms with Crippen LogP contribution >= 0.6 is 0 Å². The fraction of sp³-hybridized carbons (Fsp3) is 0.368. The quantitative estimate of drug-likeness (QED) is 0.542. The molecular weight excluding hydrogens is 352 g/mol. The van der Waals surface area contributed by atoms with Crippen LogP contribution in [0.25, 0.3) is 0 Å². The highest BCUT2D eigenvalue weighted by Gasteiger charge is 2.25. The second-order valence-electron chi connectivity index (χ2n) is 5.95. The monoisotopic (exact) mass is 374 g/mol. The largest absolute Gasteiger partial charge is 0.462 e. The van der Waals surface area contributed by atoms with Crippen LogP contribution in [-0.2, 0) is 16.0 Å². The number of ether oxygens (including phenoxy) is 2. The van der Waals surface area contributed by atoms with Gasteiger partial charge < -0.3 is 19.4 Å². The minimum absolute atomic E-state index is 0.115. The number of hydrogen-bond donors (Lipinski definition) is 2. The second-order valence-corrected chi connectivity index (χ2v) is 5.95. The molecule has 0 atom stereocenters. The fourth-order valence-electron chi connectivity index (χ4n) is 2.81. The predicted molar refractivity (Wildman–Crippen MR) is 96.5 cm³/mol. The number of aldehydes is 2. The number of carbonyl (C=O) groups is 4. The molecule has 0 aromatic carbocycles. The molecule has 0 spiro atoms. The van der Waals surface area contributed by atoms with Crippen LogP contribution in [-0.4, -0.2) is 41.1 Å². The van der Waals surface area contributed by atoms with E-state index >= 15 is 0 Å². The predicted octanol–water partition coefficient (Wildman–Crippen LogP) is 2.67. The number of aromatic amines is 2.